The SMILES string of the molecule is CCOC(=O)C1=C(CSC(N)=[NH2+])NC(C)=C(C(=O)OC)C1c1cccc([N+](=O)[O-])c1. The van der Waals surface area contributed by atoms with Gasteiger partial charge in [-0.1, -0.05) is 12.1 Å². The number of benzene rings is 1. The van der Waals surface area contributed by atoms with Gasteiger partial charge in [0.15, 0.2) is 0 Å². The molecule has 1 heterocycles. The van der Waals surface area contributed by atoms with Crippen LogP contribution in [0.2, 0.25) is 0 Å². The molecule has 0 spiro atoms. The van der Waals surface area contributed by atoms with E-state index in [1.54, 1.807) is 19.9 Å². The Morgan fingerprint density at radius 3 is 2.60 bits per heavy atom. The lowest BCUT2D eigenvalue weighted by Crippen LogP contribution is -2.44. The second-order valence-electron chi connectivity index (χ2n) is 6.24. The van der Waals surface area contributed by atoms with Gasteiger partial charge in [-0.15, -0.1) is 0 Å². The number of esters is 2. The number of carbonyl (C=O) groups excluding carboxylic acids is 2. The number of rotatable bonds is 7. The Labute approximate surface area is 177 Å². The summed E-state index contributed by atoms with van der Waals surface area (Å²) in [6.07, 6.45) is 0. The first-order chi connectivity index (χ1) is 14.2. The second-order valence-corrected chi connectivity index (χ2v) is 7.29. The fourth-order valence-corrected chi connectivity index (χ4v) is 3.69. The van der Waals surface area contributed by atoms with Gasteiger partial charge in [-0.25, -0.2) is 9.59 Å². The highest BCUT2D eigenvalue weighted by molar-refractivity contribution is 8.13. The van der Waals surface area contributed by atoms with Crippen molar-refractivity contribution < 1.29 is 29.4 Å². The van der Waals surface area contributed by atoms with Crippen molar-refractivity contribution in [3.8, 4) is 0 Å². The molecule has 5 N–H and O–H groups in total. The number of allylic oxidation sites excluding steroid dienone is 1. The number of thioether (sulfide) groups is 1. The van der Waals surface area contributed by atoms with Crippen LogP contribution in [0.25, 0.3) is 0 Å². The van der Waals surface area contributed by atoms with Crippen LogP contribution in [-0.2, 0) is 19.1 Å². The van der Waals surface area contributed by atoms with Crippen LogP contribution in [0.3, 0.4) is 0 Å². The molecule has 30 heavy (non-hydrogen) atoms. The molecule has 0 saturated heterocycles. The summed E-state index contributed by atoms with van der Waals surface area (Å²) < 4.78 is 10.1. The van der Waals surface area contributed by atoms with Crippen LogP contribution in [0.5, 0.6) is 0 Å². The summed E-state index contributed by atoms with van der Waals surface area (Å²) in [6, 6.07) is 5.74. The smallest absolute Gasteiger partial charge is 0.336 e. The molecule has 2 rings (SSSR count). The number of hydrogen-bond acceptors (Lipinski definition) is 8. The van der Waals surface area contributed by atoms with Crippen molar-refractivity contribution in [3.63, 3.8) is 0 Å². The number of nitrogens with two attached hydrogens (primary N) is 2. The predicted molar refractivity (Wildman–Crippen MR) is 111 cm³/mol. The Hall–Kier alpha value is -3.34. The largest absolute Gasteiger partial charge is 0.466 e. The van der Waals surface area contributed by atoms with Crippen molar-refractivity contribution in [1.82, 2.24) is 5.32 Å². The van der Waals surface area contributed by atoms with Gasteiger partial charge in [0.25, 0.3) is 10.9 Å². The zero-order valence-electron chi connectivity index (χ0n) is 16.8. The molecule has 1 aliphatic heterocycles. The van der Waals surface area contributed by atoms with Gasteiger partial charge in [0.2, 0.25) is 0 Å². The molecular weight excluding hydrogens is 412 g/mol. The summed E-state index contributed by atoms with van der Waals surface area (Å²) in [4.78, 5) is 36.2. The van der Waals surface area contributed by atoms with Crippen molar-refractivity contribution >= 4 is 34.6 Å². The van der Waals surface area contributed by atoms with Gasteiger partial charge < -0.3 is 14.8 Å². The van der Waals surface area contributed by atoms with Gasteiger partial charge in [0, 0.05) is 29.3 Å². The zero-order valence-corrected chi connectivity index (χ0v) is 17.6. The van der Waals surface area contributed by atoms with Gasteiger partial charge in [-0.05, 0) is 31.2 Å². The number of nitrogens with zero attached hydrogens (tertiary/aromatic N) is 1. The van der Waals surface area contributed by atoms with E-state index in [0.29, 0.717) is 17.0 Å². The van der Waals surface area contributed by atoms with Crippen molar-refractivity contribution in [2.75, 3.05) is 19.5 Å². The number of dihydropyridines is 1. The summed E-state index contributed by atoms with van der Waals surface area (Å²) in [6.45, 7) is 3.41. The number of hydrogen-bond donors (Lipinski definition) is 3. The number of methoxy groups -OCH3 is 1. The van der Waals surface area contributed by atoms with Crippen LogP contribution < -0.4 is 16.5 Å². The maximum atomic E-state index is 12.9. The molecule has 11 heteroatoms. The highest BCUT2D eigenvalue weighted by Crippen LogP contribution is 2.40. The highest BCUT2D eigenvalue weighted by atomic mass is 32.2. The van der Waals surface area contributed by atoms with Crippen molar-refractivity contribution in [3.05, 3.63) is 62.5 Å². The monoisotopic (exact) mass is 435 g/mol. The van der Waals surface area contributed by atoms with E-state index in [1.165, 1.54) is 25.3 Å². The lowest BCUT2D eigenvalue weighted by atomic mass is 9.80. The molecule has 1 atom stereocenters. The van der Waals surface area contributed by atoms with Gasteiger partial charge in [-0.3, -0.25) is 21.3 Å². The maximum absolute atomic E-state index is 12.9. The van der Waals surface area contributed by atoms with Gasteiger partial charge in [0.05, 0.1) is 35.7 Å². The topological polar surface area (TPSA) is 159 Å². The van der Waals surface area contributed by atoms with Crippen LogP contribution in [-0.4, -0.2) is 41.5 Å². The van der Waals surface area contributed by atoms with E-state index in [2.05, 4.69) is 5.32 Å². The van der Waals surface area contributed by atoms with E-state index >= 15 is 0 Å². The molecule has 0 saturated carbocycles. The Morgan fingerprint density at radius 1 is 1.33 bits per heavy atom. The second kappa shape index (κ2) is 9.92. The highest BCUT2D eigenvalue weighted by Gasteiger charge is 2.39. The van der Waals surface area contributed by atoms with Crippen LogP contribution in [0.15, 0.2) is 46.8 Å². The number of nitro groups is 1. The van der Waals surface area contributed by atoms with Crippen molar-refractivity contribution in [2.24, 2.45) is 5.73 Å². The predicted octanol–water partition coefficient (Wildman–Crippen LogP) is 0.353. The Balaban J connectivity index is 2.75. The average molecular weight is 435 g/mol. The quantitative estimate of drug-likeness (QED) is 0.180. The van der Waals surface area contributed by atoms with E-state index in [1.807, 2.05) is 0 Å². The third-order valence-electron chi connectivity index (χ3n) is 4.34. The lowest BCUT2D eigenvalue weighted by Gasteiger charge is -2.31. The zero-order chi connectivity index (χ0) is 22.4. The summed E-state index contributed by atoms with van der Waals surface area (Å²) in [5.74, 6) is -2.07. The lowest BCUT2D eigenvalue weighted by molar-refractivity contribution is -0.384. The third kappa shape index (κ3) is 4.98. The standard InChI is InChI=1S/C19H22N4O6S/c1-4-29-18(25)16-13(9-30-19(20)21)22-10(2)14(17(24)28-3)15(16)11-6-5-7-12(8-11)23(26)27/h5-8,15,22H,4,9H2,1-3H3,(H3,20,21)/p+1. The number of nitrogens with one attached hydrogen (secondary N) is 1. The summed E-state index contributed by atoms with van der Waals surface area (Å²) in [5.41, 5.74) is 6.92. The number of ether oxygens (including phenoxy) is 2. The van der Waals surface area contributed by atoms with E-state index in [0.717, 1.165) is 11.8 Å². The minimum atomic E-state index is -0.938. The number of nitro benzene ring substituents is 1. The minimum absolute atomic E-state index is 0.0970. The Kier molecular flexibility index (Phi) is 7.59. The molecule has 10 nitrogen and oxygen atoms in total. The molecule has 160 valence electrons. The third-order valence-corrected chi connectivity index (χ3v) is 5.11. The van der Waals surface area contributed by atoms with Crippen molar-refractivity contribution in [2.45, 2.75) is 19.8 Å². The van der Waals surface area contributed by atoms with Gasteiger partial charge in [-0.2, -0.15) is 0 Å². The average Bonchev–Trinajstić information content (AvgIpc) is 2.71. The molecular formula is C19H23N4O6S+. The molecule has 0 bridgehead atoms. The molecule has 1 unspecified atom stereocenters. The Morgan fingerprint density at radius 2 is 2.03 bits per heavy atom. The normalized spacial score (nSPS) is 16.0. The van der Waals surface area contributed by atoms with Crippen LogP contribution in [0.4, 0.5) is 5.69 Å². The molecule has 1 aromatic rings. The maximum Gasteiger partial charge on any atom is 0.336 e. The van der Waals surface area contributed by atoms with E-state index < -0.39 is 22.8 Å². The summed E-state index contributed by atoms with van der Waals surface area (Å²) >= 11 is 1.10. The number of non-ortho nitro benzene ring substituents is 1. The summed E-state index contributed by atoms with van der Waals surface area (Å²) in [7, 11) is 1.22. The van der Waals surface area contributed by atoms with E-state index in [-0.39, 0.29) is 34.4 Å². The molecule has 0 aromatic heterocycles. The van der Waals surface area contributed by atoms with Crippen molar-refractivity contribution in [1.29, 1.82) is 0 Å². The molecule has 1 aliphatic rings. The van der Waals surface area contributed by atoms with E-state index in [4.69, 9.17) is 20.6 Å². The molecule has 0 fully saturated rings. The fourth-order valence-electron chi connectivity index (χ4n) is 3.15. The first-order valence-electron chi connectivity index (χ1n) is 8.92. The Bertz CT molecular complexity index is 956. The van der Waals surface area contributed by atoms with Crippen LogP contribution >= 0.6 is 11.8 Å². The fraction of sp³-hybridized carbons (Fsp3) is 0.316. The van der Waals surface area contributed by atoms with Gasteiger partial charge in [0.1, 0.15) is 0 Å². The minimum Gasteiger partial charge on any atom is -0.466 e. The first kappa shape index (κ1) is 22.9. The number of amidine groups is 1. The van der Waals surface area contributed by atoms with E-state index in [9.17, 15) is 19.7 Å². The van der Waals surface area contributed by atoms with Gasteiger partial charge >= 0.3 is 11.9 Å². The van der Waals surface area contributed by atoms with Crippen LogP contribution in [0.1, 0.15) is 25.3 Å². The van der Waals surface area contributed by atoms with Crippen LogP contribution in [0, 0.1) is 10.1 Å². The number of carbonyl (C=O) groups is 2. The molecule has 1 aromatic carbocycles. The molecule has 0 radical (unpaired) electrons. The first-order valence-corrected chi connectivity index (χ1v) is 9.91. The summed E-state index contributed by atoms with van der Waals surface area (Å²) in [5, 5.41) is 20.0. The molecule has 0 aliphatic carbocycles. The molecule has 0 amide bonds.